The first kappa shape index (κ1) is 15.7. The van der Waals surface area contributed by atoms with Crippen LogP contribution in [0.4, 0.5) is 0 Å². The predicted molar refractivity (Wildman–Crippen MR) is 89.3 cm³/mol. The Hall–Kier alpha value is -1.77. The molecule has 24 heavy (non-hydrogen) atoms. The van der Waals surface area contributed by atoms with E-state index >= 15 is 0 Å². The number of hydrogen-bond acceptors (Lipinski definition) is 6. The number of ether oxygens (including phenoxy) is 1. The van der Waals surface area contributed by atoms with Crippen molar-refractivity contribution in [2.45, 2.75) is 17.4 Å². The number of nitrogens with one attached hydrogen (secondary N) is 1. The summed E-state index contributed by atoms with van der Waals surface area (Å²) in [5, 5.41) is 10.5. The number of thiazole rings is 1. The number of aliphatic carboxylic acids is 1. The molecule has 0 amide bonds. The summed E-state index contributed by atoms with van der Waals surface area (Å²) in [6.45, 7) is 0. The Balaban J connectivity index is 2.01. The highest BCUT2D eigenvalue weighted by molar-refractivity contribution is 7.99. The second-order valence-corrected chi connectivity index (χ2v) is 8.16. The van der Waals surface area contributed by atoms with Gasteiger partial charge in [0, 0.05) is 27.1 Å². The molecule has 0 bridgehead atoms. The lowest BCUT2D eigenvalue weighted by Gasteiger charge is -2.43. The van der Waals surface area contributed by atoms with Gasteiger partial charge in [-0.05, 0) is 18.2 Å². The van der Waals surface area contributed by atoms with Crippen LogP contribution in [-0.2, 0) is 9.59 Å². The van der Waals surface area contributed by atoms with Crippen molar-refractivity contribution in [3.63, 3.8) is 0 Å². The number of carbonyl (C=O) groups is 2. The molecule has 0 aliphatic carbocycles. The zero-order chi connectivity index (χ0) is 17.1. The Morgan fingerprint density at radius 1 is 1.46 bits per heavy atom. The van der Waals surface area contributed by atoms with E-state index in [0.29, 0.717) is 26.2 Å². The monoisotopic (exact) mass is 383 g/mol. The van der Waals surface area contributed by atoms with Crippen molar-refractivity contribution in [1.29, 1.82) is 0 Å². The Bertz CT molecular complexity index is 936. The largest absolute Gasteiger partial charge is 0.481 e. The van der Waals surface area contributed by atoms with E-state index < -0.39 is 23.3 Å². The summed E-state index contributed by atoms with van der Waals surface area (Å²) in [4.78, 5) is 39.2. The quantitative estimate of drug-likeness (QED) is 0.611. The van der Waals surface area contributed by atoms with Crippen LogP contribution in [-0.4, -0.2) is 27.8 Å². The maximum atomic E-state index is 12.7. The number of benzene rings is 1. The number of aromatic nitrogens is 1. The fourth-order valence-corrected chi connectivity index (χ4v) is 6.04. The van der Waals surface area contributed by atoms with E-state index in [4.69, 9.17) is 16.3 Å². The number of aromatic amines is 1. The van der Waals surface area contributed by atoms with Crippen LogP contribution in [0.15, 0.2) is 28.0 Å². The summed E-state index contributed by atoms with van der Waals surface area (Å²) in [7, 11) is 0. The summed E-state index contributed by atoms with van der Waals surface area (Å²) in [6.07, 6.45) is -0.374. The molecule has 4 rings (SSSR count). The first-order valence-electron chi connectivity index (χ1n) is 7.00. The van der Waals surface area contributed by atoms with Crippen molar-refractivity contribution in [3.8, 4) is 5.75 Å². The Morgan fingerprint density at radius 2 is 2.25 bits per heavy atom. The Labute approximate surface area is 148 Å². The van der Waals surface area contributed by atoms with E-state index in [9.17, 15) is 19.5 Å². The third-order valence-electron chi connectivity index (χ3n) is 4.29. The Kier molecular flexibility index (Phi) is 3.52. The third-order valence-corrected chi connectivity index (χ3v) is 6.87. The Morgan fingerprint density at radius 3 is 3.00 bits per heavy atom. The lowest BCUT2D eigenvalue weighted by atomic mass is 9.68. The number of carbonyl (C=O) groups excluding carboxylic acids is 1. The van der Waals surface area contributed by atoms with Gasteiger partial charge in [-0.15, -0.1) is 11.8 Å². The lowest BCUT2D eigenvalue weighted by Crippen LogP contribution is -2.48. The van der Waals surface area contributed by atoms with Gasteiger partial charge in [0.05, 0.1) is 11.4 Å². The number of thioether (sulfide) groups is 1. The van der Waals surface area contributed by atoms with Crippen LogP contribution in [0.25, 0.3) is 0 Å². The van der Waals surface area contributed by atoms with Gasteiger partial charge in [-0.3, -0.25) is 14.4 Å². The first-order chi connectivity index (χ1) is 11.4. The number of hydrogen-bond donors (Lipinski definition) is 2. The molecule has 9 heteroatoms. The molecule has 0 spiro atoms. The highest BCUT2D eigenvalue weighted by atomic mass is 35.5. The number of rotatable bonds is 2. The number of carboxylic acid groups (broad SMARTS) is 1. The molecule has 3 heterocycles. The molecule has 2 aliphatic rings. The molecule has 0 unspecified atom stereocenters. The fourth-order valence-electron chi connectivity index (χ4n) is 3.31. The standard InChI is InChI=1S/C15H10ClNO5S2/c16-6-1-2-8-7(3-6)10-11-12(17-14(21)24-11)23-5-15(10,4-9(18)19)13(20)22-8/h1-3,10H,4-5H2,(H,17,21)(H,18,19)/t10-,15-/m0/s1. The van der Waals surface area contributed by atoms with Crippen molar-refractivity contribution in [1.82, 2.24) is 4.98 Å². The van der Waals surface area contributed by atoms with Crippen LogP contribution in [0, 0.1) is 5.41 Å². The van der Waals surface area contributed by atoms with E-state index in [1.807, 2.05) is 0 Å². The van der Waals surface area contributed by atoms with Gasteiger partial charge in [-0.2, -0.15) is 0 Å². The average Bonchev–Trinajstić information content (AvgIpc) is 2.88. The minimum absolute atomic E-state index is 0.217. The average molecular weight is 384 g/mol. The summed E-state index contributed by atoms with van der Waals surface area (Å²) in [5.74, 6) is -1.66. The van der Waals surface area contributed by atoms with E-state index in [1.165, 1.54) is 11.8 Å². The summed E-state index contributed by atoms with van der Waals surface area (Å²) in [5.41, 5.74) is -0.619. The van der Waals surface area contributed by atoms with Crippen LogP contribution < -0.4 is 9.61 Å². The van der Waals surface area contributed by atoms with Gasteiger partial charge in [0.2, 0.25) is 0 Å². The van der Waals surface area contributed by atoms with Crippen molar-refractivity contribution < 1.29 is 19.4 Å². The van der Waals surface area contributed by atoms with Crippen LogP contribution in [0.2, 0.25) is 5.02 Å². The van der Waals surface area contributed by atoms with Gasteiger partial charge in [-0.1, -0.05) is 22.9 Å². The number of halogens is 1. The molecular weight excluding hydrogens is 374 g/mol. The zero-order valence-corrected chi connectivity index (χ0v) is 14.4. The molecule has 1 aromatic carbocycles. The smallest absolute Gasteiger partial charge is 0.319 e. The zero-order valence-electron chi connectivity index (χ0n) is 12.0. The molecule has 2 atom stereocenters. The second-order valence-electron chi connectivity index (χ2n) is 5.73. The highest BCUT2D eigenvalue weighted by Gasteiger charge is 2.57. The number of carboxylic acids is 1. The van der Waals surface area contributed by atoms with E-state index in [1.54, 1.807) is 18.2 Å². The van der Waals surface area contributed by atoms with Crippen molar-refractivity contribution in [2.24, 2.45) is 5.41 Å². The molecule has 6 nitrogen and oxygen atoms in total. The van der Waals surface area contributed by atoms with Gasteiger partial charge in [-0.25, -0.2) is 0 Å². The molecule has 0 radical (unpaired) electrons. The molecule has 0 saturated heterocycles. The minimum atomic E-state index is -1.26. The van der Waals surface area contributed by atoms with Crippen LogP contribution in [0.3, 0.4) is 0 Å². The second kappa shape index (κ2) is 5.37. The summed E-state index contributed by atoms with van der Waals surface area (Å²) in [6, 6.07) is 4.88. The third kappa shape index (κ3) is 2.21. The number of H-pyrrole nitrogens is 1. The van der Waals surface area contributed by atoms with Gasteiger partial charge in [0.25, 0.3) is 0 Å². The molecule has 2 N–H and O–H groups in total. The first-order valence-corrected chi connectivity index (χ1v) is 9.18. The lowest BCUT2D eigenvalue weighted by molar-refractivity contribution is -0.154. The fraction of sp³-hybridized carbons (Fsp3) is 0.267. The molecular formula is C15H10ClNO5S2. The van der Waals surface area contributed by atoms with Gasteiger partial charge >= 0.3 is 16.8 Å². The predicted octanol–water partition coefficient (Wildman–Crippen LogP) is 2.71. The van der Waals surface area contributed by atoms with E-state index in [2.05, 4.69) is 4.98 Å². The van der Waals surface area contributed by atoms with Crippen molar-refractivity contribution in [2.75, 3.05) is 5.75 Å². The molecule has 0 fully saturated rings. The van der Waals surface area contributed by atoms with Crippen LogP contribution >= 0.6 is 34.7 Å². The van der Waals surface area contributed by atoms with Gasteiger partial charge in [0.15, 0.2) is 0 Å². The number of esters is 1. The van der Waals surface area contributed by atoms with Crippen LogP contribution in [0.5, 0.6) is 5.75 Å². The minimum Gasteiger partial charge on any atom is -0.481 e. The number of fused-ring (bicyclic) bond motifs is 5. The molecule has 124 valence electrons. The van der Waals surface area contributed by atoms with E-state index in [0.717, 1.165) is 11.3 Å². The normalized spacial score (nSPS) is 24.5. The summed E-state index contributed by atoms with van der Waals surface area (Å²) < 4.78 is 5.42. The summed E-state index contributed by atoms with van der Waals surface area (Å²) >= 11 is 8.37. The van der Waals surface area contributed by atoms with Gasteiger partial charge < -0.3 is 14.8 Å². The molecule has 2 aromatic rings. The van der Waals surface area contributed by atoms with Crippen molar-refractivity contribution >= 4 is 46.6 Å². The maximum Gasteiger partial charge on any atom is 0.319 e. The van der Waals surface area contributed by atoms with Gasteiger partial charge in [0.1, 0.15) is 11.2 Å². The maximum absolute atomic E-state index is 12.7. The van der Waals surface area contributed by atoms with Crippen LogP contribution in [0.1, 0.15) is 22.8 Å². The topological polar surface area (TPSA) is 96.5 Å². The SMILES string of the molecule is O=C(O)C[C@]12CSc3[nH]c(=O)sc3[C@@H]1c1cc(Cl)ccc1OC2=O. The van der Waals surface area contributed by atoms with E-state index in [-0.39, 0.29) is 17.0 Å². The van der Waals surface area contributed by atoms with Crippen molar-refractivity contribution in [3.05, 3.63) is 43.3 Å². The molecule has 2 aliphatic heterocycles. The molecule has 1 aromatic heterocycles. The molecule has 0 saturated carbocycles. The highest BCUT2D eigenvalue weighted by Crippen LogP contribution is 2.58.